The van der Waals surface area contributed by atoms with Crippen molar-refractivity contribution in [2.45, 2.75) is 6.42 Å². The molecule has 0 radical (unpaired) electrons. The van der Waals surface area contributed by atoms with Crippen LogP contribution in [0.1, 0.15) is 6.42 Å². The van der Waals surface area contributed by atoms with E-state index >= 15 is 0 Å². The summed E-state index contributed by atoms with van der Waals surface area (Å²) in [5.74, 6) is 1.23. The Morgan fingerprint density at radius 2 is 1.62 bits per heavy atom. The molecule has 2 aliphatic carbocycles. The second-order valence-electron chi connectivity index (χ2n) is 6.05. The average molecular weight is 283 g/mol. The van der Waals surface area contributed by atoms with Crippen molar-refractivity contribution in [3.8, 4) is 11.5 Å². The van der Waals surface area contributed by atoms with Crippen LogP contribution in [0.15, 0.2) is 30.4 Å². The van der Waals surface area contributed by atoms with Gasteiger partial charge in [-0.25, -0.2) is 4.90 Å². The van der Waals surface area contributed by atoms with Crippen LogP contribution in [0, 0.1) is 23.7 Å². The minimum Gasteiger partial charge on any atom is -0.454 e. The number of imide groups is 1. The van der Waals surface area contributed by atoms with Crippen LogP contribution in [0.5, 0.6) is 11.5 Å². The maximum atomic E-state index is 12.7. The molecule has 2 fully saturated rings. The lowest BCUT2D eigenvalue weighted by molar-refractivity contribution is -0.123. The molecule has 0 aromatic heterocycles. The van der Waals surface area contributed by atoms with Crippen LogP contribution in [-0.4, -0.2) is 18.6 Å². The minimum atomic E-state index is -0.169. The predicted molar refractivity (Wildman–Crippen MR) is 72.8 cm³/mol. The van der Waals surface area contributed by atoms with Gasteiger partial charge in [-0.1, -0.05) is 12.2 Å². The first-order valence-corrected chi connectivity index (χ1v) is 7.20. The smallest absolute Gasteiger partial charge is 0.238 e. The molecular formula is C16H13NO4. The third kappa shape index (κ3) is 1.31. The van der Waals surface area contributed by atoms with Gasteiger partial charge < -0.3 is 9.47 Å². The number of hydrogen-bond acceptors (Lipinski definition) is 4. The fourth-order valence-corrected chi connectivity index (χ4v) is 4.18. The van der Waals surface area contributed by atoms with Gasteiger partial charge in [0.15, 0.2) is 11.5 Å². The van der Waals surface area contributed by atoms with Gasteiger partial charge >= 0.3 is 0 Å². The van der Waals surface area contributed by atoms with E-state index in [0.717, 1.165) is 6.42 Å². The molecular weight excluding hydrogens is 270 g/mol. The van der Waals surface area contributed by atoms with Crippen LogP contribution in [0.4, 0.5) is 5.69 Å². The molecule has 5 heteroatoms. The number of ether oxygens (including phenoxy) is 2. The van der Waals surface area contributed by atoms with Gasteiger partial charge in [-0.15, -0.1) is 0 Å². The first-order chi connectivity index (χ1) is 10.2. The zero-order chi connectivity index (χ0) is 14.1. The summed E-state index contributed by atoms with van der Waals surface area (Å²) >= 11 is 0. The quantitative estimate of drug-likeness (QED) is 0.582. The van der Waals surface area contributed by atoms with E-state index in [1.165, 1.54) is 4.90 Å². The summed E-state index contributed by atoms with van der Waals surface area (Å²) in [4.78, 5) is 26.7. The maximum Gasteiger partial charge on any atom is 0.238 e. The lowest BCUT2D eigenvalue weighted by Gasteiger charge is -2.17. The highest BCUT2D eigenvalue weighted by Gasteiger charge is 2.59. The van der Waals surface area contributed by atoms with Crippen LogP contribution in [-0.2, 0) is 9.59 Å². The summed E-state index contributed by atoms with van der Waals surface area (Å²) in [5, 5.41) is 0. The first-order valence-electron chi connectivity index (χ1n) is 7.20. The molecule has 1 aromatic carbocycles. The fourth-order valence-electron chi connectivity index (χ4n) is 4.18. The van der Waals surface area contributed by atoms with Crippen molar-refractivity contribution in [1.29, 1.82) is 0 Å². The Bertz CT molecular complexity index is 680. The highest BCUT2D eigenvalue weighted by molar-refractivity contribution is 6.22. The van der Waals surface area contributed by atoms with E-state index in [0.29, 0.717) is 17.2 Å². The molecule has 1 saturated heterocycles. The molecule has 0 spiro atoms. The van der Waals surface area contributed by atoms with Crippen LogP contribution < -0.4 is 14.4 Å². The van der Waals surface area contributed by atoms with Crippen molar-refractivity contribution < 1.29 is 19.1 Å². The van der Waals surface area contributed by atoms with Crippen molar-refractivity contribution in [3.05, 3.63) is 30.4 Å². The minimum absolute atomic E-state index is 0.0688. The van der Waals surface area contributed by atoms with E-state index in [1.54, 1.807) is 18.2 Å². The largest absolute Gasteiger partial charge is 0.454 e. The summed E-state index contributed by atoms with van der Waals surface area (Å²) in [7, 11) is 0. The molecule has 2 amide bonds. The van der Waals surface area contributed by atoms with Crippen molar-refractivity contribution >= 4 is 17.5 Å². The molecule has 106 valence electrons. The summed E-state index contributed by atoms with van der Waals surface area (Å²) in [6.45, 7) is 0.181. The Balaban J connectivity index is 1.56. The number of carbonyl (C=O) groups excluding carboxylic acids is 2. The van der Waals surface area contributed by atoms with E-state index < -0.39 is 0 Å². The lowest BCUT2D eigenvalue weighted by Crippen LogP contribution is -2.32. The molecule has 0 unspecified atom stereocenters. The van der Waals surface area contributed by atoms with E-state index in [1.807, 2.05) is 0 Å². The van der Waals surface area contributed by atoms with E-state index in [-0.39, 0.29) is 42.3 Å². The number of fused-ring (bicyclic) bond motifs is 6. The Hall–Kier alpha value is -2.30. The normalized spacial score (nSPS) is 35.0. The highest BCUT2D eigenvalue weighted by atomic mass is 16.7. The summed E-state index contributed by atoms with van der Waals surface area (Å²) in [6.07, 6.45) is 5.14. The van der Waals surface area contributed by atoms with Crippen LogP contribution in [0.2, 0.25) is 0 Å². The summed E-state index contributed by atoms with van der Waals surface area (Å²) in [6, 6.07) is 5.22. The van der Waals surface area contributed by atoms with E-state index in [4.69, 9.17) is 9.47 Å². The average Bonchev–Trinajstić information content (AvgIpc) is 3.22. The Morgan fingerprint density at radius 1 is 0.952 bits per heavy atom. The fraction of sp³-hybridized carbons (Fsp3) is 0.375. The molecule has 2 aliphatic heterocycles. The number of amides is 2. The third-order valence-corrected chi connectivity index (χ3v) is 5.08. The topological polar surface area (TPSA) is 55.8 Å². The second-order valence-corrected chi connectivity index (χ2v) is 6.05. The van der Waals surface area contributed by atoms with Crippen molar-refractivity contribution in [3.63, 3.8) is 0 Å². The molecule has 0 N–H and O–H groups in total. The second kappa shape index (κ2) is 3.67. The van der Waals surface area contributed by atoms with E-state index in [2.05, 4.69) is 12.2 Å². The molecule has 4 atom stereocenters. The van der Waals surface area contributed by atoms with Gasteiger partial charge in [-0.3, -0.25) is 9.59 Å². The van der Waals surface area contributed by atoms with Gasteiger partial charge in [0.2, 0.25) is 18.6 Å². The van der Waals surface area contributed by atoms with Crippen LogP contribution >= 0.6 is 0 Å². The van der Waals surface area contributed by atoms with Crippen molar-refractivity contribution in [1.82, 2.24) is 0 Å². The molecule has 21 heavy (non-hydrogen) atoms. The number of carbonyl (C=O) groups is 2. The summed E-state index contributed by atoms with van der Waals surface area (Å²) < 4.78 is 10.6. The molecule has 1 saturated carbocycles. The lowest BCUT2D eigenvalue weighted by atomic mass is 9.85. The number of rotatable bonds is 1. The Labute approximate surface area is 121 Å². The SMILES string of the molecule is O=C1[C@@H]2[C@H](C(=O)N1c1ccc3c(c1)OCO3)[C@H]1C=C[C@H]2C1. The van der Waals surface area contributed by atoms with Crippen LogP contribution in [0.25, 0.3) is 0 Å². The molecule has 2 heterocycles. The number of hydrogen-bond donors (Lipinski definition) is 0. The van der Waals surface area contributed by atoms with Crippen molar-refractivity contribution in [2.75, 3.05) is 11.7 Å². The number of anilines is 1. The van der Waals surface area contributed by atoms with Gasteiger partial charge in [-0.2, -0.15) is 0 Å². The molecule has 5 nitrogen and oxygen atoms in total. The Kier molecular flexibility index (Phi) is 1.98. The molecule has 4 aliphatic rings. The van der Waals surface area contributed by atoms with Crippen molar-refractivity contribution in [2.24, 2.45) is 23.7 Å². The van der Waals surface area contributed by atoms with Gasteiger partial charge in [0.25, 0.3) is 0 Å². The molecule has 5 rings (SSSR count). The Morgan fingerprint density at radius 3 is 2.33 bits per heavy atom. The van der Waals surface area contributed by atoms with Gasteiger partial charge in [0, 0.05) is 6.07 Å². The number of nitrogens with zero attached hydrogens (tertiary/aromatic N) is 1. The zero-order valence-electron chi connectivity index (χ0n) is 11.2. The van der Waals surface area contributed by atoms with Crippen LogP contribution in [0.3, 0.4) is 0 Å². The van der Waals surface area contributed by atoms with Gasteiger partial charge in [0.05, 0.1) is 17.5 Å². The number of benzene rings is 1. The predicted octanol–water partition coefficient (Wildman–Crippen LogP) is 1.73. The highest BCUT2D eigenvalue weighted by Crippen LogP contribution is 2.53. The molecule has 2 bridgehead atoms. The monoisotopic (exact) mass is 283 g/mol. The number of allylic oxidation sites excluding steroid dienone is 2. The van der Waals surface area contributed by atoms with E-state index in [9.17, 15) is 9.59 Å². The third-order valence-electron chi connectivity index (χ3n) is 5.08. The molecule has 1 aromatic rings. The van der Waals surface area contributed by atoms with Gasteiger partial charge in [0.1, 0.15) is 0 Å². The summed E-state index contributed by atoms with van der Waals surface area (Å²) in [5.41, 5.74) is 0.586. The maximum absolute atomic E-state index is 12.7. The standard InChI is InChI=1S/C16H13NO4/c18-15-13-8-1-2-9(5-8)14(13)16(19)17(15)10-3-4-11-12(6-10)21-7-20-11/h1-4,6,8-9,13-14H,5,7H2/t8-,9-,13-,14+/m0/s1. The zero-order valence-corrected chi connectivity index (χ0v) is 11.2. The van der Waals surface area contributed by atoms with Gasteiger partial charge in [-0.05, 0) is 30.4 Å². The first kappa shape index (κ1) is 11.4.